The molecule has 1 atom stereocenters. The van der Waals surface area contributed by atoms with Gasteiger partial charge in [-0.1, -0.05) is 49.3 Å². The molecule has 0 spiro atoms. The summed E-state index contributed by atoms with van der Waals surface area (Å²) in [5.74, 6) is 0.290. The van der Waals surface area contributed by atoms with Crippen LogP contribution in [-0.4, -0.2) is 29.0 Å². The van der Waals surface area contributed by atoms with Gasteiger partial charge in [-0.15, -0.1) is 0 Å². The Hall–Kier alpha value is -1.55. The summed E-state index contributed by atoms with van der Waals surface area (Å²) in [7, 11) is 0. The maximum absolute atomic E-state index is 8.82. The first-order valence-electron chi connectivity index (χ1n) is 6.77. The van der Waals surface area contributed by atoms with Crippen molar-refractivity contribution in [2.45, 2.75) is 32.7 Å². The van der Waals surface area contributed by atoms with Crippen LogP contribution < -0.4 is 5.73 Å². The average molecular weight is 261 g/mol. The monoisotopic (exact) mass is 261 g/mol. The molecule has 0 radical (unpaired) electrons. The summed E-state index contributed by atoms with van der Waals surface area (Å²) in [5, 5.41) is 11.9. The molecule has 4 nitrogen and oxygen atoms in total. The lowest BCUT2D eigenvalue weighted by atomic mass is 9.93. The Morgan fingerprint density at radius 2 is 2.11 bits per heavy atom. The first-order chi connectivity index (χ1) is 9.02. The van der Waals surface area contributed by atoms with Crippen LogP contribution in [0.4, 0.5) is 0 Å². The molecule has 0 aliphatic carbocycles. The molecule has 1 aromatic carbocycles. The van der Waals surface area contributed by atoms with Gasteiger partial charge in [-0.05, 0) is 23.9 Å². The second-order valence-corrected chi connectivity index (χ2v) is 6.11. The van der Waals surface area contributed by atoms with Crippen LogP contribution in [0.3, 0.4) is 0 Å². The van der Waals surface area contributed by atoms with Crippen molar-refractivity contribution >= 4 is 5.84 Å². The van der Waals surface area contributed by atoms with Gasteiger partial charge in [0.1, 0.15) is 5.84 Å². The molecule has 3 N–H and O–H groups in total. The number of hydrogen-bond donors (Lipinski definition) is 2. The highest BCUT2D eigenvalue weighted by Gasteiger charge is 2.34. The van der Waals surface area contributed by atoms with Crippen LogP contribution in [0.15, 0.2) is 35.5 Å². The molecule has 1 aromatic rings. The number of hydrogen-bond acceptors (Lipinski definition) is 3. The summed E-state index contributed by atoms with van der Waals surface area (Å²) < 4.78 is 0. The average Bonchev–Trinajstić information content (AvgIpc) is 2.76. The molecule has 1 aliphatic rings. The number of nitrogens with two attached hydrogens (primary N) is 1. The van der Waals surface area contributed by atoms with Crippen molar-refractivity contribution in [2.75, 3.05) is 13.1 Å². The topological polar surface area (TPSA) is 61.8 Å². The zero-order chi connectivity index (χ0) is 13.9. The van der Waals surface area contributed by atoms with E-state index in [0.717, 1.165) is 13.1 Å². The van der Waals surface area contributed by atoms with Gasteiger partial charge in [0.05, 0.1) is 0 Å². The van der Waals surface area contributed by atoms with E-state index in [1.807, 2.05) is 18.2 Å². The number of amidine groups is 1. The quantitative estimate of drug-likeness (QED) is 0.379. The maximum atomic E-state index is 8.82. The summed E-state index contributed by atoms with van der Waals surface area (Å²) in [5.41, 5.74) is 7.29. The summed E-state index contributed by atoms with van der Waals surface area (Å²) in [6.07, 6.45) is 1.75. The molecule has 1 unspecified atom stereocenters. The Bertz CT molecular complexity index is 442. The predicted molar refractivity (Wildman–Crippen MR) is 77.2 cm³/mol. The normalized spacial score (nSPS) is 21.5. The van der Waals surface area contributed by atoms with Crippen molar-refractivity contribution < 1.29 is 5.21 Å². The van der Waals surface area contributed by atoms with Gasteiger partial charge in [-0.2, -0.15) is 0 Å². The van der Waals surface area contributed by atoms with E-state index >= 15 is 0 Å². The zero-order valence-electron chi connectivity index (χ0n) is 11.7. The largest absolute Gasteiger partial charge is 0.409 e. The van der Waals surface area contributed by atoms with E-state index < -0.39 is 0 Å². The van der Waals surface area contributed by atoms with Gasteiger partial charge < -0.3 is 10.9 Å². The molecule has 104 valence electrons. The highest BCUT2D eigenvalue weighted by atomic mass is 16.4. The molecule has 0 aromatic heterocycles. The first-order valence-corrected chi connectivity index (χ1v) is 6.77. The third-order valence-corrected chi connectivity index (χ3v) is 3.86. The van der Waals surface area contributed by atoms with Crippen LogP contribution >= 0.6 is 0 Å². The number of likely N-dealkylation sites (tertiary alicyclic amines) is 1. The molecule has 0 saturated carbocycles. The van der Waals surface area contributed by atoms with E-state index in [4.69, 9.17) is 10.9 Å². The SMILES string of the molecule is CC1(C)CCN(C(CC(N)=NO)c2ccccc2)C1. The van der Waals surface area contributed by atoms with Gasteiger partial charge in [-0.25, -0.2) is 0 Å². The van der Waals surface area contributed by atoms with Crippen LogP contribution in [-0.2, 0) is 0 Å². The molecule has 0 amide bonds. The second kappa shape index (κ2) is 5.61. The Labute approximate surface area is 114 Å². The lowest BCUT2D eigenvalue weighted by Crippen LogP contribution is -2.31. The molecular formula is C15H23N3O. The Kier molecular flexibility index (Phi) is 4.10. The fourth-order valence-electron chi connectivity index (χ4n) is 2.79. The minimum Gasteiger partial charge on any atom is -0.409 e. The Balaban J connectivity index is 2.20. The lowest BCUT2D eigenvalue weighted by Gasteiger charge is -2.29. The minimum absolute atomic E-state index is 0.193. The highest BCUT2D eigenvalue weighted by molar-refractivity contribution is 5.80. The summed E-state index contributed by atoms with van der Waals surface area (Å²) in [6, 6.07) is 10.5. The van der Waals surface area contributed by atoms with Crippen LogP contribution in [0.2, 0.25) is 0 Å². The molecule has 1 saturated heterocycles. The zero-order valence-corrected chi connectivity index (χ0v) is 11.7. The summed E-state index contributed by atoms with van der Waals surface area (Å²) in [6.45, 7) is 6.69. The third kappa shape index (κ3) is 3.47. The van der Waals surface area contributed by atoms with Crippen LogP contribution in [0.5, 0.6) is 0 Å². The van der Waals surface area contributed by atoms with Crippen LogP contribution in [0.1, 0.15) is 38.3 Å². The van der Waals surface area contributed by atoms with Crippen molar-refractivity contribution in [3.8, 4) is 0 Å². The fourth-order valence-corrected chi connectivity index (χ4v) is 2.79. The summed E-state index contributed by atoms with van der Waals surface area (Å²) >= 11 is 0. The van der Waals surface area contributed by atoms with Gasteiger partial charge in [0.2, 0.25) is 0 Å². The number of oxime groups is 1. The van der Waals surface area contributed by atoms with Crippen LogP contribution in [0.25, 0.3) is 0 Å². The van der Waals surface area contributed by atoms with E-state index in [1.165, 1.54) is 12.0 Å². The van der Waals surface area contributed by atoms with Gasteiger partial charge in [0.25, 0.3) is 0 Å². The van der Waals surface area contributed by atoms with E-state index in [9.17, 15) is 0 Å². The van der Waals surface area contributed by atoms with Crippen molar-refractivity contribution in [1.82, 2.24) is 4.90 Å². The Morgan fingerprint density at radius 3 is 2.63 bits per heavy atom. The molecule has 2 rings (SSSR count). The molecule has 4 heteroatoms. The van der Waals surface area contributed by atoms with E-state index in [-0.39, 0.29) is 6.04 Å². The first kappa shape index (κ1) is 13.9. The number of benzene rings is 1. The summed E-state index contributed by atoms with van der Waals surface area (Å²) in [4.78, 5) is 2.44. The molecule has 19 heavy (non-hydrogen) atoms. The Morgan fingerprint density at radius 1 is 1.42 bits per heavy atom. The van der Waals surface area contributed by atoms with Crippen molar-refractivity contribution in [3.63, 3.8) is 0 Å². The van der Waals surface area contributed by atoms with Gasteiger partial charge in [0, 0.05) is 19.0 Å². The molecule has 1 aliphatic heterocycles. The van der Waals surface area contributed by atoms with Crippen molar-refractivity contribution in [1.29, 1.82) is 0 Å². The van der Waals surface area contributed by atoms with E-state index in [2.05, 4.69) is 36.0 Å². The lowest BCUT2D eigenvalue weighted by molar-refractivity contribution is 0.221. The molecule has 0 bridgehead atoms. The molecule has 1 heterocycles. The second-order valence-electron chi connectivity index (χ2n) is 6.11. The van der Waals surface area contributed by atoms with Gasteiger partial charge in [-0.3, -0.25) is 4.90 Å². The highest BCUT2D eigenvalue weighted by Crippen LogP contribution is 2.36. The smallest absolute Gasteiger partial charge is 0.141 e. The van der Waals surface area contributed by atoms with Crippen LogP contribution in [0, 0.1) is 5.41 Å². The molecule has 1 fully saturated rings. The fraction of sp³-hybridized carbons (Fsp3) is 0.533. The van der Waals surface area contributed by atoms with E-state index in [0.29, 0.717) is 17.7 Å². The molecular weight excluding hydrogens is 238 g/mol. The van der Waals surface area contributed by atoms with Gasteiger partial charge in [0.15, 0.2) is 0 Å². The maximum Gasteiger partial charge on any atom is 0.141 e. The predicted octanol–water partition coefficient (Wildman–Crippen LogP) is 2.60. The van der Waals surface area contributed by atoms with Crippen molar-refractivity contribution in [2.24, 2.45) is 16.3 Å². The minimum atomic E-state index is 0.193. The number of rotatable bonds is 4. The van der Waals surface area contributed by atoms with Crippen molar-refractivity contribution in [3.05, 3.63) is 35.9 Å². The standard InChI is InChI=1S/C15H23N3O/c1-15(2)8-9-18(11-15)13(10-14(16)17-19)12-6-4-3-5-7-12/h3-7,13,19H,8-11H2,1-2H3,(H2,16,17). The van der Waals surface area contributed by atoms with Gasteiger partial charge >= 0.3 is 0 Å². The number of nitrogens with zero attached hydrogens (tertiary/aromatic N) is 2. The third-order valence-electron chi connectivity index (χ3n) is 3.86. The van der Waals surface area contributed by atoms with E-state index in [1.54, 1.807) is 0 Å².